The van der Waals surface area contributed by atoms with Gasteiger partial charge in [-0.3, -0.25) is 0 Å². The summed E-state index contributed by atoms with van der Waals surface area (Å²) >= 11 is 0. The third kappa shape index (κ3) is 15.5. The Labute approximate surface area is 102 Å². The van der Waals surface area contributed by atoms with Crippen LogP contribution in [0.25, 0.3) is 0 Å². The standard InChI is InChI=1S/C8H13N.C6H15N/c1-3-5-8(2)6-4-7-9;1-4-6-7(3)5-2/h3-7H,9H2,1-2H3;4-6H2,1-3H3/b5-3-,7-4+,8-6-;. The monoisotopic (exact) mass is 224 g/mol. The first kappa shape index (κ1) is 17.4. The summed E-state index contributed by atoms with van der Waals surface area (Å²) in [5.41, 5.74) is 6.33. The number of nitrogens with zero attached hydrogens (tertiary/aromatic N) is 1. The molecule has 0 fully saturated rings. The van der Waals surface area contributed by atoms with E-state index in [1.807, 2.05) is 38.2 Å². The molecule has 2 N–H and O–H groups in total. The molecular weight excluding hydrogens is 196 g/mol. The Balaban J connectivity index is 0. The van der Waals surface area contributed by atoms with Crippen molar-refractivity contribution in [3.8, 4) is 0 Å². The smallest absolute Gasteiger partial charge is 0.00245 e. The van der Waals surface area contributed by atoms with Gasteiger partial charge in [-0.25, -0.2) is 0 Å². The van der Waals surface area contributed by atoms with Gasteiger partial charge in [-0.2, -0.15) is 0 Å². The molecule has 2 heteroatoms. The van der Waals surface area contributed by atoms with Crippen molar-refractivity contribution in [1.29, 1.82) is 0 Å². The van der Waals surface area contributed by atoms with Crippen LogP contribution >= 0.6 is 0 Å². The number of hydrogen-bond acceptors (Lipinski definition) is 2. The zero-order valence-corrected chi connectivity index (χ0v) is 11.5. The number of rotatable bonds is 5. The number of nitrogens with two attached hydrogens (primary N) is 1. The first-order chi connectivity index (χ1) is 7.62. The second kappa shape index (κ2) is 14.0. The molecule has 0 spiro atoms. The molecule has 0 bridgehead atoms. The van der Waals surface area contributed by atoms with Gasteiger partial charge in [0.05, 0.1) is 0 Å². The minimum absolute atomic E-state index is 1.17. The number of hydrogen-bond donors (Lipinski definition) is 1. The Bertz CT molecular complexity index is 215. The van der Waals surface area contributed by atoms with Crippen LogP contribution in [0.3, 0.4) is 0 Å². The molecule has 0 aliphatic rings. The first-order valence-electron chi connectivity index (χ1n) is 5.98. The summed E-state index contributed by atoms with van der Waals surface area (Å²) in [5, 5.41) is 0. The van der Waals surface area contributed by atoms with Crippen molar-refractivity contribution in [3.05, 3.63) is 36.1 Å². The maximum atomic E-state index is 5.12. The van der Waals surface area contributed by atoms with Gasteiger partial charge in [0.2, 0.25) is 0 Å². The molecular formula is C14H28N2. The summed E-state index contributed by atoms with van der Waals surface area (Å²) < 4.78 is 0. The van der Waals surface area contributed by atoms with E-state index < -0.39 is 0 Å². The van der Waals surface area contributed by atoms with Crippen molar-refractivity contribution in [2.45, 2.75) is 34.1 Å². The van der Waals surface area contributed by atoms with E-state index in [2.05, 4.69) is 25.8 Å². The van der Waals surface area contributed by atoms with Gasteiger partial charge in [0.15, 0.2) is 0 Å². The third-order valence-electron chi connectivity index (χ3n) is 2.04. The zero-order valence-electron chi connectivity index (χ0n) is 11.5. The summed E-state index contributed by atoms with van der Waals surface area (Å²) in [7, 11) is 2.14. The van der Waals surface area contributed by atoms with Gasteiger partial charge < -0.3 is 10.6 Å². The molecule has 0 heterocycles. The predicted octanol–water partition coefficient (Wildman–Crippen LogP) is 3.33. The second-order valence-corrected chi connectivity index (χ2v) is 3.69. The molecule has 0 unspecified atom stereocenters. The molecule has 94 valence electrons. The van der Waals surface area contributed by atoms with Gasteiger partial charge in [-0.1, -0.05) is 37.6 Å². The van der Waals surface area contributed by atoms with Crippen LogP contribution in [-0.2, 0) is 0 Å². The van der Waals surface area contributed by atoms with Crippen molar-refractivity contribution in [2.24, 2.45) is 5.73 Å². The van der Waals surface area contributed by atoms with E-state index in [0.29, 0.717) is 0 Å². The molecule has 0 aromatic heterocycles. The van der Waals surface area contributed by atoms with E-state index in [-0.39, 0.29) is 0 Å². The Kier molecular flexibility index (Phi) is 15.2. The van der Waals surface area contributed by atoms with Crippen LogP contribution in [0.2, 0.25) is 0 Å². The lowest BCUT2D eigenvalue weighted by molar-refractivity contribution is 0.353. The van der Waals surface area contributed by atoms with Gasteiger partial charge in [-0.05, 0) is 52.7 Å². The average Bonchev–Trinajstić information content (AvgIpc) is 2.28. The maximum Gasteiger partial charge on any atom is -0.00245 e. The molecule has 2 nitrogen and oxygen atoms in total. The van der Waals surface area contributed by atoms with Crippen LogP contribution < -0.4 is 5.73 Å². The van der Waals surface area contributed by atoms with E-state index in [1.165, 1.54) is 31.3 Å². The molecule has 0 rings (SSSR count). The molecule has 0 saturated heterocycles. The minimum Gasteiger partial charge on any atom is -0.405 e. The number of allylic oxidation sites excluding steroid dienone is 5. The second-order valence-electron chi connectivity index (χ2n) is 3.69. The van der Waals surface area contributed by atoms with Gasteiger partial charge in [-0.15, -0.1) is 0 Å². The molecule has 0 aliphatic carbocycles. The Morgan fingerprint density at radius 2 is 1.94 bits per heavy atom. The van der Waals surface area contributed by atoms with Crippen LogP contribution in [-0.4, -0.2) is 25.0 Å². The highest BCUT2D eigenvalue weighted by Gasteiger charge is 1.86. The third-order valence-corrected chi connectivity index (χ3v) is 2.04. The van der Waals surface area contributed by atoms with Crippen LogP contribution in [0.5, 0.6) is 0 Å². The normalized spacial score (nSPS) is 12.2. The highest BCUT2D eigenvalue weighted by atomic mass is 15.1. The lowest BCUT2D eigenvalue weighted by atomic mass is 10.2. The summed E-state index contributed by atoms with van der Waals surface area (Å²) in [4.78, 5) is 2.31. The molecule has 0 aromatic carbocycles. The van der Waals surface area contributed by atoms with Crippen molar-refractivity contribution in [3.63, 3.8) is 0 Å². The molecule has 0 amide bonds. The van der Waals surface area contributed by atoms with E-state index >= 15 is 0 Å². The quantitative estimate of drug-likeness (QED) is 0.726. The van der Waals surface area contributed by atoms with Gasteiger partial charge in [0.1, 0.15) is 0 Å². The maximum absolute atomic E-state index is 5.12. The first-order valence-corrected chi connectivity index (χ1v) is 5.98. The van der Waals surface area contributed by atoms with Crippen LogP contribution in [0.4, 0.5) is 0 Å². The van der Waals surface area contributed by atoms with Crippen molar-refractivity contribution in [2.75, 3.05) is 20.1 Å². The predicted molar refractivity (Wildman–Crippen MR) is 75.4 cm³/mol. The van der Waals surface area contributed by atoms with Crippen LogP contribution in [0.15, 0.2) is 36.1 Å². The molecule has 0 radical (unpaired) electrons. The summed E-state index contributed by atoms with van der Waals surface area (Å²) in [5.74, 6) is 0. The fourth-order valence-corrected chi connectivity index (χ4v) is 1.07. The summed E-state index contributed by atoms with van der Waals surface area (Å²) in [6.45, 7) is 10.8. The van der Waals surface area contributed by atoms with E-state index in [4.69, 9.17) is 5.73 Å². The highest BCUT2D eigenvalue weighted by molar-refractivity contribution is 5.20. The van der Waals surface area contributed by atoms with E-state index in [1.54, 1.807) is 0 Å². The Hall–Kier alpha value is -1.02. The fourth-order valence-electron chi connectivity index (χ4n) is 1.07. The van der Waals surface area contributed by atoms with Crippen molar-refractivity contribution in [1.82, 2.24) is 4.90 Å². The highest BCUT2D eigenvalue weighted by Crippen LogP contribution is 1.93. The molecule has 0 atom stereocenters. The summed E-state index contributed by atoms with van der Waals surface area (Å²) in [6.07, 6.45) is 10.6. The molecule has 0 aromatic rings. The minimum atomic E-state index is 1.17. The fraction of sp³-hybridized carbons (Fsp3) is 0.571. The van der Waals surface area contributed by atoms with Crippen LogP contribution in [0.1, 0.15) is 34.1 Å². The van der Waals surface area contributed by atoms with E-state index in [0.717, 1.165) is 0 Å². The molecule has 0 saturated carbocycles. The van der Waals surface area contributed by atoms with Crippen molar-refractivity contribution >= 4 is 0 Å². The van der Waals surface area contributed by atoms with Gasteiger partial charge in [0.25, 0.3) is 0 Å². The SMILES string of the molecule is CCCN(C)CC.C\C=C/C(C)=C\C=C\N. The Morgan fingerprint density at radius 1 is 1.31 bits per heavy atom. The largest absolute Gasteiger partial charge is 0.405 e. The topological polar surface area (TPSA) is 29.3 Å². The van der Waals surface area contributed by atoms with Crippen LogP contribution in [0, 0.1) is 0 Å². The lowest BCUT2D eigenvalue weighted by Gasteiger charge is -2.10. The Morgan fingerprint density at radius 3 is 2.25 bits per heavy atom. The zero-order chi connectivity index (χ0) is 12.8. The lowest BCUT2D eigenvalue weighted by Crippen LogP contribution is -2.17. The van der Waals surface area contributed by atoms with E-state index in [9.17, 15) is 0 Å². The average molecular weight is 224 g/mol. The van der Waals surface area contributed by atoms with Crippen molar-refractivity contribution < 1.29 is 0 Å². The molecule has 0 aliphatic heterocycles. The van der Waals surface area contributed by atoms with Gasteiger partial charge >= 0.3 is 0 Å². The molecule has 16 heavy (non-hydrogen) atoms. The van der Waals surface area contributed by atoms with Gasteiger partial charge in [0, 0.05) is 0 Å². The summed E-state index contributed by atoms with van der Waals surface area (Å²) in [6, 6.07) is 0.